The molecule has 1 fully saturated rings. The molecule has 0 atom stereocenters. The number of aryl methyl sites for hydroxylation is 2. The highest BCUT2D eigenvalue weighted by Gasteiger charge is 2.20. The van der Waals surface area contributed by atoms with Crippen molar-refractivity contribution in [3.8, 4) is 5.69 Å². The quantitative estimate of drug-likeness (QED) is 0.563. The smallest absolute Gasteiger partial charge is 0.233 e. The summed E-state index contributed by atoms with van der Waals surface area (Å²) in [5.41, 5.74) is 3.41. The third-order valence-electron chi connectivity index (χ3n) is 5.67. The van der Waals surface area contributed by atoms with Gasteiger partial charge in [0.25, 0.3) is 0 Å². The molecular weight excluding hydrogens is 394 g/mol. The molecule has 3 heterocycles. The van der Waals surface area contributed by atoms with E-state index >= 15 is 0 Å². The number of benzene rings is 1. The molecule has 158 valence electrons. The highest BCUT2D eigenvalue weighted by atomic mass is 32.2. The summed E-state index contributed by atoms with van der Waals surface area (Å²) in [6.07, 6.45) is 7.39. The summed E-state index contributed by atoms with van der Waals surface area (Å²) in [6.45, 7) is 3.84. The van der Waals surface area contributed by atoms with E-state index in [0.717, 1.165) is 42.6 Å². The van der Waals surface area contributed by atoms with E-state index in [1.165, 1.54) is 35.9 Å². The summed E-state index contributed by atoms with van der Waals surface area (Å²) in [4.78, 5) is 14.8. The van der Waals surface area contributed by atoms with E-state index in [4.69, 9.17) is 0 Å². The molecule has 1 saturated heterocycles. The zero-order valence-corrected chi connectivity index (χ0v) is 18.6. The van der Waals surface area contributed by atoms with Crippen LogP contribution in [-0.4, -0.2) is 49.0 Å². The number of carbonyl (C=O) groups excluding carboxylic acids is 1. The number of nitrogens with zero attached hydrogens (tertiary/aromatic N) is 5. The zero-order valence-electron chi connectivity index (χ0n) is 17.8. The van der Waals surface area contributed by atoms with Crippen LogP contribution in [0.1, 0.15) is 42.8 Å². The molecule has 1 aliphatic rings. The molecule has 0 aliphatic carbocycles. The van der Waals surface area contributed by atoms with Crippen LogP contribution in [0.5, 0.6) is 0 Å². The molecule has 2 aromatic heterocycles. The third-order valence-corrected chi connectivity index (χ3v) is 6.58. The number of carbonyl (C=O) groups is 1. The van der Waals surface area contributed by atoms with Crippen molar-refractivity contribution >= 4 is 17.7 Å². The van der Waals surface area contributed by atoms with Crippen LogP contribution in [0.15, 0.2) is 47.8 Å². The van der Waals surface area contributed by atoms with Crippen LogP contribution in [0.25, 0.3) is 5.69 Å². The summed E-state index contributed by atoms with van der Waals surface area (Å²) in [6, 6.07) is 12.5. The fraction of sp³-hybridized carbons (Fsp3) is 0.435. The summed E-state index contributed by atoms with van der Waals surface area (Å²) in [5, 5.41) is 9.72. The van der Waals surface area contributed by atoms with Gasteiger partial charge >= 0.3 is 0 Å². The monoisotopic (exact) mass is 423 g/mol. The molecule has 0 saturated carbocycles. The Labute approximate surface area is 182 Å². The standard InChI is InChI=1S/C23H29N5OS/c1-18-9-11-19(12-10-18)28-21(16-20-8-7-13-26(20)2)24-25-23(28)30-17-22(29)27-14-5-3-4-6-15-27/h7-13H,3-6,14-17H2,1-2H3. The van der Waals surface area contributed by atoms with E-state index in [0.29, 0.717) is 12.2 Å². The molecule has 0 spiro atoms. The average Bonchev–Trinajstić information content (AvgIpc) is 3.22. The van der Waals surface area contributed by atoms with Gasteiger partial charge in [-0.1, -0.05) is 42.3 Å². The second-order valence-corrected chi connectivity index (χ2v) is 8.88. The number of thioether (sulfide) groups is 1. The molecular formula is C23H29N5OS. The molecule has 30 heavy (non-hydrogen) atoms. The molecule has 4 rings (SSSR count). The summed E-state index contributed by atoms with van der Waals surface area (Å²) >= 11 is 1.48. The van der Waals surface area contributed by atoms with E-state index in [1.54, 1.807) is 0 Å². The Morgan fingerprint density at radius 1 is 1.03 bits per heavy atom. The molecule has 1 aliphatic heterocycles. The zero-order chi connectivity index (χ0) is 20.9. The van der Waals surface area contributed by atoms with Crippen molar-refractivity contribution < 1.29 is 4.79 Å². The Morgan fingerprint density at radius 2 is 1.77 bits per heavy atom. The van der Waals surface area contributed by atoms with Crippen LogP contribution < -0.4 is 0 Å². The maximum Gasteiger partial charge on any atom is 0.233 e. The number of hydrogen-bond donors (Lipinski definition) is 0. The van der Waals surface area contributed by atoms with Gasteiger partial charge in [0, 0.05) is 44.1 Å². The number of aromatic nitrogens is 4. The molecule has 1 aromatic carbocycles. The molecule has 0 N–H and O–H groups in total. The third kappa shape index (κ3) is 4.78. The maximum absolute atomic E-state index is 12.8. The van der Waals surface area contributed by atoms with Crippen LogP contribution in [0.2, 0.25) is 0 Å². The first-order valence-corrected chi connectivity index (χ1v) is 11.6. The van der Waals surface area contributed by atoms with Crippen LogP contribution in [0.3, 0.4) is 0 Å². The van der Waals surface area contributed by atoms with Gasteiger partial charge in [0.1, 0.15) is 5.82 Å². The number of rotatable bonds is 6. The Balaban J connectivity index is 1.56. The maximum atomic E-state index is 12.8. The van der Waals surface area contributed by atoms with Gasteiger partial charge in [-0.3, -0.25) is 9.36 Å². The lowest BCUT2D eigenvalue weighted by molar-refractivity contribution is -0.128. The number of likely N-dealkylation sites (tertiary alicyclic amines) is 1. The minimum Gasteiger partial charge on any atom is -0.354 e. The van der Waals surface area contributed by atoms with Gasteiger partial charge in [0.2, 0.25) is 5.91 Å². The topological polar surface area (TPSA) is 56.0 Å². The van der Waals surface area contributed by atoms with Gasteiger partial charge in [0.15, 0.2) is 5.16 Å². The van der Waals surface area contributed by atoms with Crippen molar-refractivity contribution in [1.82, 2.24) is 24.2 Å². The lowest BCUT2D eigenvalue weighted by atomic mass is 10.2. The molecule has 1 amide bonds. The summed E-state index contributed by atoms with van der Waals surface area (Å²) in [5.74, 6) is 1.48. The van der Waals surface area contributed by atoms with E-state index in [-0.39, 0.29) is 5.91 Å². The van der Waals surface area contributed by atoms with Crippen LogP contribution in [0, 0.1) is 6.92 Å². The molecule has 0 unspecified atom stereocenters. The second kappa shape index (κ2) is 9.51. The summed E-state index contributed by atoms with van der Waals surface area (Å²) < 4.78 is 4.19. The van der Waals surface area contributed by atoms with E-state index < -0.39 is 0 Å². The second-order valence-electron chi connectivity index (χ2n) is 7.94. The van der Waals surface area contributed by atoms with Crippen LogP contribution >= 0.6 is 11.8 Å². The first-order valence-electron chi connectivity index (χ1n) is 10.6. The van der Waals surface area contributed by atoms with Gasteiger partial charge in [-0.15, -0.1) is 10.2 Å². The Morgan fingerprint density at radius 3 is 2.43 bits per heavy atom. The van der Waals surface area contributed by atoms with Crippen molar-refractivity contribution in [3.05, 3.63) is 59.7 Å². The van der Waals surface area contributed by atoms with Crippen molar-refractivity contribution in [3.63, 3.8) is 0 Å². The van der Waals surface area contributed by atoms with Gasteiger partial charge in [0.05, 0.1) is 5.75 Å². The lowest BCUT2D eigenvalue weighted by Crippen LogP contribution is -2.33. The van der Waals surface area contributed by atoms with Gasteiger partial charge in [-0.25, -0.2) is 0 Å². The average molecular weight is 424 g/mol. The Kier molecular flexibility index (Phi) is 6.57. The molecule has 0 radical (unpaired) electrons. The van der Waals surface area contributed by atoms with Gasteiger partial charge < -0.3 is 9.47 Å². The van der Waals surface area contributed by atoms with E-state index in [1.807, 2.05) is 24.2 Å². The molecule has 0 bridgehead atoms. The molecule has 3 aromatic rings. The lowest BCUT2D eigenvalue weighted by Gasteiger charge is -2.20. The Hall–Kier alpha value is -2.54. The van der Waals surface area contributed by atoms with Gasteiger partial charge in [-0.05, 0) is 44.0 Å². The predicted molar refractivity (Wildman–Crippen MR) is 120 cm³/mol. The van der Waals surface area contributed by atoms with Gasteiger partial charge in [-0.2, -0.15) is 0 Å². The molecule has 7 heteroatoms. The largest absolute Gasteiger partial charge is 0.354 e. The van der Waals surface area contributed by atoms with Crippen molar-refractivity contribution in [2.24, 2.45) is 7.05 Å². The summed E-state index contributed by atoms with van der Waals surface area (Å²) in [7, 11) is 2.04. The van der Waals surface area contributed by atoms with Crippen molar-refractivity contribution in [2.75, 3.05) is 18.8 Å². The fourth-order valence-corrected chi connectivity index (χ4v) is 4.71. The highest BCUT2D eigenvalue weighted by Crippen LogP contribution is 2.24. The predicted octanol–water partition coefficient (Wildman–Crippen LogP) is 4.00. The highest BCUT2D eigenvalue weighted by molar-refractivity contribution is 7.99. The first-order chi connectivity index (χ1) is 14.6. The number of hydrogen-bond acceptors (Lipinski definition) is 4. The van der Waals surface area contributed by atoms with Crippen molar-refractivity contribution in [1.29, 1.82) is 0 Å². The Bertz CT molecular complexity index is 983. The SMILES string of the molecule is Cc1ccc(-n2c(Cc3cccn3C)nnc2SCC(=O)N2CCCCCC2)cc1. The minimum absolute atomic E-state index is 0.198. The first kappa shape index (κ1) is 20.7. The normalized spacial score (nSPS) is 14.7. The van der Waals surface area contributed by atoms with Crippen molar-refractivity contribution in [2.45, 2.75) is 44.2 Å². The van der Waals surface area contributed by atoms with E-state index in [2.05, 4.69) is 56.6 Å². The minimum atomic E-state index is 0.198. The molecule has 6 nitrogen and oxygen atoms in total. The van der Waals surface area contributed by atoms with Crippen LogP contribution in [-0.2, 0) is 18.3 Å². The van der Waals surface area contributed by atoms with Crippen LogP contribution in [0.4, 0.5) is 0 Å². The fourth-order valence-electron chi connectivity index (χ4n) is 3.84. The number of amides is 1. The van der Waals surface area contributed by atoms with E-state index in [9.17, 15) is 4.79 Å².